The second-order valence-electron chi connectivity index (χ2n) is 5.65. The third-order valence-corrected chi connectivity index (χ3v) is 4.28. The maximum absolute atomic E-state index is 13.1. The van der Waals surface area contributed by atoms with E-state index >= 15 is 0 Å². The normalized spacial score (nSPS) is 17.8. The molecule has 0 N–H and O–H groups in total. The van der Waals surface area contributed by atoms with Crippen LogP contribution in [-0.2, 0) is 0 Å². The Kier molecular flexibility index (Phi) is 3.29. The van der Waals surface area contributed by atoms with Gasteiger partial charge in [-0.25, -0.2) is 13.9 Å². The van der Waals surface area contributed by atoms with Crippen molar-refractivity contribution in [1.29, 1.82) is 0 Å². The summed E-state index contributed by atoms with van der Waals surface area (Å²) in [6.45, 7) is 0.686. The van der Waals surface area contributed by atoms with Crippen LogP contribution in [0.4, 0.5) is 4.39 Å². The zero-order valence-electron chi connectivity index (χ0n) is 12.4. The average Bonchev–Trinajstić information content (AvgIpc) is 3.22. The van der Waals surface area contributed by atoms with Crippen LogP contribution in [0.3, 0.4) is 0 Å². The van der Waals surface area contributed by atoms with E-state index in [1.54, 1.807) is 41.3 Å². The molecule has 3 heterocycles. The van der Waals surface area contributed by atoms with E-state index in [4.69, 9.17) is 0 Å². The van der Waals surface area contributed by atoms with E-state index in [2.05, 4.69) is 10.1 Å². The Balaban J connectivity index is 1.68. The van der Waals surface area contributed by atoms with Crippen LogP contribution >= 0.6 is 0 Å². The van der Waals surface area contributed by atoms with Crippen LogP contribution in [0.15, 0.2) is 48.9 Å². The van der Waals surface area contributed by atoms with Gasteiger partial charge in [-0.3, -0.25) is 4.79 Å². The lowest BCUT2D eigenvalue weighted by molar-refractivity contribution is 0.0737. The molecule has 1 saturated heterocycles. The maximum Gasteiger partial charge on any atom is 0.259 e. The lowest BCUT2D eigenvalue weighted by Gasteiger charge is -2.24. The number of rotatable bonds is 2. The molecular weight excluding hydrogens is 295 g/mol. The fourth-order valence-corrected chi connectivity index (χ4v) is 3.17. The number of carbonyl (C=O) groups is 1. The molecule has 0 aliphatic carbocycles. The molecule has 4 rings (SSSR count). The molecule has 116 valence electrons. The van der Waals surface area contributed by atoms with Gasteiger partial charge in [-0.1, -0.05) is 12.1 Å². The largest absolute Gasteiger partial charge is 0.331 e. The molecule has 2 aromatic heterocycles. The highest BCUT2D eigenvalue weighted by molar-refractivity contribution is 6.00. The number of amides is 1. The Morgan fingerprint density at radius 3 is 2.91 bits per heavy atom. The minimum absolute atomic E-state index is 0.0261. The Labute approximate surface area is 132 Å². The SMILES string of the molecule is O=C(c1cnn2cccnc12)N1CCCC1c1ccc(F)cc1. The number of nitrogens with zero attached hydrogens (tertiary/aromatic N) is 4. The first-order chi connectivity index (χ1) is 11.2. The van der Waals surface area contributed by atoms with Crippen molar-refractivity contribution in [2.24, 2.45) is 0 Å². The molecule has 1 aliphatic heterocycles. The van der Waals surface area contributed by atoms with Gasteiger partial charge >= 0.3 is 0 Å². The summed E-state index contributed by atoms with van der Waals surface area (Å²) in [5.74, 6) is -0.345. The molecule has 3 aromatic rings. The Morgan fingerprint density at radius 2 is 2.09 bits per heavy atom. The number of hydrogen-bond acceptors (Lipinski definition) is 3. The summed E-state index contributed by atoms with van der Waals surface area (Å²) in [4.78, 5) is 19.0. The van der Waals surface area contributed by atoms with Crippen molar-refractivity contribution in [3.05, 3.63) is 65.9 Å². The smallest absolute Gasteiger partial charge is 0.259 e. The molecular formula is C17H15FN4O. The topological polar surface area (TPSA) is 50.5 Å². The number of carbonyl (C=O) groups excluding carboxylic acids is 1. The van der Waals surface area contributed by atoms with E-state index in [0.717, 1.165) is 18.4 Å². The lowest BCUT2D eigenvalue weighted by atomic mass is 10.0. The summed E-state index contributed by atoms with van der Waals surface area (Å²) in [7, 11) is 0. The van der Waals surface area contributed by atoms with Crippen molar-refractivity contribution in [3.8, 4) is 0 Å². The van der Waals surface area contributed by atoms with E-state index in [1.807, 2.05) is 4.90 Å². The number of benzene rings is 1. The van der Waals surface area contributed by atoms with Crippen LogP contribution in [0.5, 0.6) is 0 Å². The Hall–Kier alpha value is -2.76. The van der Waals surface area contributed by atoms with Gasteiger partial charge in [-0.05, 0) is 36.6 Å². The first-order valence-corrected chi connectivity index (χ1v) is 7.59. The van der Waals surface area contributed by atoms with E-state index in [1.165, 1.54) is 12.1 Å². The van der Waals surface area contributed by atoms with Crippen LogP contribution in [0.1, 0.15) is 34.8 Å². The van der Waals surface area contributed by atoms with Gasteiger partial charge in [-0.15, -0.1) is 0 Å². The van der Waals surface area contributed by atoms with Gasteiger partial charge in [0.25, 0.3) is 5.91 Å². The molecule has 0 spiro atoms. The molecule has 1 atom stereocenters. The molecule has 0 bridgehead atoms. The minimum atomic E-state index is -0.267. The maximum atomic E-state index is 13.1. The third kappa shape index (κ3) is 2.36. The quantitative estimate of drug-likeness (QED) is 0.731. The average molecular weight is 310 g/mol. The summed E-state index contributed by atoms with van der Waals surface area (Å²) in [6, 6.07) is 8.12. The third-order valence-electron chi connectivity index (χ3n) is 4.28. The van der Waals surface area contributed by atoms with Gasteiger partial charge in [0.1, 0.15) is 11.4 Å². The fraction of sp³-hybridized carbons (Fsp3) is 0.235. The Morgan fingerprint density at radius 1 is 1.26 bits per heavy atom. The summed E-state index contributed by atoms with van der Waals surface area (Å²) in [6.07, 6.45) is 6.78. The predicted molar refractivity (Wildman–Crippen MR) is 82.4 cm³/mol. The number of likely N-dealkylation sites (tertiary alicyclic amines) is 1. The van der Waals surface area contributed by atoms with Crippen molar-refractivity contribution < 1.29 is 9.18 Å². The molecule has 1 aromatic carbocycles. The van der Waals surface area contributed by atoms with Crippen LogP contribution < -0.4 is 0 Å². The van der Waals surface area contributed by atoms with Crippen molar-refractivity contribution >= 4 is 11.6 Å². The highest BCUT2D eigenvalue weighted by atomic mass is 19.1. The van der Waals surface area contributed by atoms with Crippen LogP contribution in [0, 0.1) is 5.82 Å². The summed E-state index contributed by atoms with van der Waals surface area (Å²) < 4.78 is 14.7. The van der Waals surface area contributed by atoms with E-state index in [9.17, 15) is 9.18 Å². The highest BCUT2D eigenvalue weighted by Crippen LogP contribution is 2.33. The van der Waals surface area contributed by atoms with Crippen molar-refractivity contribution in [1.82, 2.24) is 19.5 Å². The van der Waals surface area contributed by atoms with Crippen LogP contribution in [0.25, 0.3) is 5.65 Å². The minimum Gasteiger partial charge on any atom is -0.331 e. The van der Waals surface area contributed by atoms with Gasteiger partial charge in [0.05, 0.1) is 12.2 Å². The molecule has 1 amide bonds. The lowest BCUT2D eigenvalue weighted by Crippen LogP contribution is -2.30. The van der Waals surface area contributed by atoms with Gasteiger partial charge in [0, 0.05) is 18.9 Å². The number of fused-ring (bicyclic) bond motifs is 1. The molecule has 0 radical (unpaired) electrons. The second kappa shape index (κ2) is 5.46. The summed E-state index contributed by atoms with van der Waals surface area (Å²) >= 11 is 0. The van der Waals surface area contributed by atoms with E-state index < -0.39 is 0 Å². The van der Waals surface area contributed by atoms with Crippen molar-refractivity contribution in [2.75, 3.05) is 6.54 Å². The van der Waals surface area contributed by atoms with Gasteiger partial charge in [-0.2, -0.15) is 5.10 Å². The van der Waals surface area contributed by atoms with Gasteiger partial charge in [0.15, 0.2) is 5.65 Å². The standard InChI is InChI=1S/C17H15FN4O/c18-13-6-4-12(5-7-13)15-3-1-9-21(15)17(23)14-11-20-22-10-2-8-19-16(14)22/h2,4-8,10-11,15H,1,3,9H2. The highest BCUT2D eigenvalue weighted by Gasteiger charge is 2.32. The molecule has 1 unspecified atom stereocenters. The summed E-state index contributed by atoms with van der Waals surface area (Å²) in [5.41, 5.74) is 2.02. The van der Waals surface area contributed by atoms with Crippen molar-refractivity contribution in [3.63, 3.8) is 0 Å². The fourth-order valence-electron chi connectivity index (χ4n) is 3.17. The monoisotopic (exact) mass is 310 g/mol. The van der Waals surface area contributed by atoms with Gasteiger partial charge in [0.2, 0.25) is 0 Å². The molecule has 23 heavy (non-hydrogen) atoms. The van der Waals surface area contributed by atoms with E-state index in [-0.39, 0.29) is 17.8 Å². The Bertz CT molecular complexity index is 858. The molecule has 5 nitrogen and oxygen atoms in total. The number of hydrogen-bond donors (Lipinski definition) is 0. The van der Waals surface area contributed by atoms with Crippen LogP contribution in [-0.4, -0.2) is 31.9 Å². The van der Waals surface area contributed by atoms with Gasteiger partial charge < -0.3 is 4.90 Å². The summed E-state index contributed by atoms with van der Waals surface area (Å²) in [5, 5.41) is 4.18. The predicted octanol–water partition coefficient (Wildman–Crippen LogP) is 2.85. The first-order valence-electron chi connectivity index (χ1n) is 7.59. The second-order valence-corrected chi connectivity index (χ2v) is 5.65. The number of halogens is 1. The molecule has 1 aliphatic rings. The zero-order chi connectivity index (χ0) is 15.8. The number of aromatic nitrogens is 3. The first kappa shape index (κ1) is 13.9. The zero-order valence-corrected chi connectivity index (χ0v) is 12.4. The van der Waals surface area contributed by atoms with Crippen LogP contribution in [0.2, 0.25) is 0 Å². The molecule has 1 fully saturated rings. The van der Waals surface area contributed by atoms with Crippen molar-refractivity contribution in [2.45, 2.75) is 18.9 Å². The molecule has 6 heteroatoms. The molecule has 0 saturated carbocycles. The van der Waals surface area contributed by atoms with E-state index in [0.29, 0.717) is 17.8 Å².